The zero-order chi connectivity index (χ0) is 28.4. The van der Waals surface area contributed by atoms with Gasteiger partial charge in [0.25, 0.3) is 0 Å². The number of halogens is 1. The number of amides is 5. The van der Waals surface area contributed by atoms with Crippen LogP contribution in [-0.2, 0) is 20.8 Å². The Morgan fingerprint density at radius 3 is 2.67 bits per heavy atom. The zero-order valence-corrected chi connectivity index (χ0v) is 22.8. The van der Waals surface area contributed by atoms with Gasteiger partial charge in [0.2, 0.25) is 17.7 Å². The Hall–Kier alpha value is -3.41. The molecular weight excluding hydrogens is 507 g/mol. The lowest BCUT2D eigenvalue weighted by Crippen LogP contribution is -2.56. The van der Waals surface area contributed by atoms with E-state index in [0.717, 1.165) is 18.4 Å². The topological polar surface area (TPSA) is 155 Å². The Bertz CT molecular complexity index is 1020. The Balaban J connectivity index is 1.74. The fraction of sp³-hybridized carbons (Fsp3) is 0.630. The van der Waals surface area contributed by atoms with Crippen LogP contribution in [0, 0.1) is 11.7 Å². The van der Waals surface area contributed by atoms with Crippen molar-refractivity contribution in [2.45, 2.75) is 70.0 Å². The van der Waals surface area contributed by atoms with Crippen LogP contribution < -0.4 is 31.7 Å². The number of carbonyl (C=O) groups is 4. The third kappa shape index (κ3) is 9.38. The number of hydrogen-bond acceptors (Lipinski definition) is 6. The quantitative estimate of drug-likeness (QED) is 0.332. The fourth-order valence-electron chi connectivity index (χ4n) is 4.58. The first-order valence-electron chi connectivity index (χ1n) is 13.7. The number of primary amides is 1. The predicted octanol–water partition coefficient (Wildman–Crippen LogP) is 0.805. The SMILES string of the molecule is C[C@@H]1C(=O)N[C@H](CCCCNC(N)=O)C(=O)NCCCc2ccc(F)cc2OCCN[C@@H](C2CC2)C(=O)N1C. The van der Waals surface area contributed by atoms with Crippen LogP contribution in [0.1, 0.15) is 51.0 Å². The smallest absolute Gasteiger partial charge is 0.312 e. The number of carbonyl (C=O) groups excluding carboxylic acids is 4. The summed E-state index contributed by atoms with van der Waals surface area (Å²) in [4.78, 5) is 51.8. The summed E-state index contributed by atoms with van der Waals surface area (Å²) in [6, 6.07) is 1.72. The number of likely N-dealkylation sites (N-methyl/N-ethyl adjacent to an activating group) is 1. The van der Waals surface area contributed by atoms with Gasteiger partial charge in [0, 0.05) is 32.7 Å². The summed E-state index contributed by atoms with van der Waals surface area (Å²) in [6.45, 7) is 2.99. The van der Waals surface area contributed by atoms with Crippen molar-refractivity contribution >= 4 is 23.8 Å². The number of fused-ring (bicyclic) bond motifs is 1. The van der Waals surface area contributed by atoms with Crippen molar-refractivity contribution in [2.24, 2.45) is 11.7 Å². The standard InChI is InChI=1S/C27H41FN6O5/c1-17-24(35)33-21(7-3-4-12-32-27(29)38)25(36)31-13-5-6-18-10-11-20(28)16-22(18)39-15-14-30-23(19-8-9-19)26(37)34(17)2/h10-11,16-17,19,21,23,30H,3-9,12-15H2,1-2H3,(H,31,36)(H,33,35)(H3,29,32,38)/t17-,21-,23+/m1/s1. The highest BCUT2D eigenvalue weighted by molar-refractivity contribution is 5.93. The maximum Gasteiger partial charge on any atom is 0.312 e. The lowest BCUT2D eigenvalue weighted by molar-refractivity contribution is -0.141. The van der Waals surface area contributed by atoms with Crippen LogP contribution in [0.3, 0.4) is 0 Å². The lowest BCUT2D eigenvalue weighted by Gasteiger charge is -2.30. The summed E-state index contributed by atoms with van der Waals surface area (Å²) in [6.07, 6.45) is 4.48. The zero-order valence-electron chi connectivity index (χ0n) is 22.8. The normalized spacial score (nSPS) is 23.9. The number of nitrogens with zero attached hydrogens (tertiary/aromatic N) is 1. The maximum atomic E-state index is 13.9. The second-order valence-electron chi connectivity index (χ2n) is 10.2. The first-order chi connectivity index (χ1) is 18.7. The highest BCUT2D eigenvalue weighted by atomic mass is 19.1. The van der Waals surface area contributed by atoms with E-state index in [9.17, 15) is 23.6 Å². The van der Waals surface area contributed by atoms with Gasteiger partial charge in [-0.2, -0.15) is 0 Å². The summed E-state index contributed by atoms with van der Waals surface area (Å²) >= 11 is 0. The molecule has 1 heterocycles. The van der Waals surface area contributed by atoms with E-state index in [2.05, 4.69) is 21.3 Å². The van der Waals surface area contributed by atoms with Crippen LogP contribution in [0.25, 0.3) is 0 Å². The number of nitrogens with two attached hydrogens (primary N) is 1. The van der Waals surface area contributed by atoms with Crippen LogP contribution in [0.15, 0.2) is 18.2 Å². The predicted molar refractivity (Wildman–Crippen MR) is 143 cm³/mol. The molecular formula is C27H41FN6O5. The van der Waals surface area contributed by atoms with Crippen LogP contribution in [0.5, 0.6) is 5.75 Å². The van der Waals surface area contributed by atoms with Crippen molar-refractivity contribution in [1.82, 2.24) is 26.2 Å². The van der Waals surface area contributed by atoms with Gasteiger partial charge in [-0.15, -0.1) is 0 Å². The van der Waals surface area contributed by atoms with Gasteiger partial charge in [-0.3, -0.25) is 14.4 Å². The van der Waals surface area contributed by atoms with E-state index < -0.39 is 35.9 Å². The average molecular weight is 549 g/mol. The molecule has 0 unspecified atom stereocenters. The van der Waals surface area contributed by atoms with E-state index in [1.54, 1.807) is 20.0 Å². The summed E-state index contributed by atoms with van der Waals surface area (Å²) in [7, 11) is 1.59. The molecule has 1 aliphatic heterocycles. The average Bonchev–Trinajstić information content (AvgIpc) is 3.74. The van der Waals surface area contributed by atoms with Crippen molar-refractivity contribution in [3.63, 3.8) is 0 Å². The lowest BCUT2D eigenvalue weighted by atomic mass is 10.1. The highest BCUT2D eigenvalue weighted by Crippen LogP contribution is 2.33. The largest absolute Gasteiger partial charge is 0.492 e. The van der Waals surface area contributed by atoms with Crippen LogP contribution in [-0.4, -0.2) is 80.1 Å². The molecule has 12 heteroatoms. The van der Waals surface area contributed by atoms with Crippen molar-refractivity contribution in [1.29, 1.82) is 0 Å². The first kappa shape index (κ1) is 30.1. The molecule has 1 fully saturated rings. The molecule has 1 saturated carbocycles. The summed E-state index contributed by atoms with van der Waals surface area (Å²) in [5.41, 5.74) is 5.91. The van der Waals surface area contributed by atoms with Gasteiger partial charge < -0.3 is 36.6 Å². The summed E-state index contributed by atoms with van der Waals surface area (Å²) in [5.74, 6) is -0.732. The molecule has 0 spiro atoms. The molecule has 11 nitrogen and oxygen atoms in total. The van der Waals surface area contributed by atoms with Gasteiger partial charge in [-0.1, -0.05) is 6.07 Å². The van der Waals surface area contributed by atoms with Gasteiger partial charge in [-0.25, -0.2) is 9.18 Å². The van der Waals surface area contributed by atoms with Crippen molar-refractivity contribution < 1.29 is 28.3 Å². The van der Waals surface area contributed by atoms with Crippen molar-refractivity contribution in [3.8, 4) is 5.75 Å². The number of benzene rings is 1. The molecule has 39 heavy (non-hydrogen) atoms. The number of nitrogens with one attached hydrogen (secondary N) is 4. The van der Waals surface area contributed by atoms with E-state index in [1.165, 1.54) is 17.0 Å². The van der Waals surface area contributed by atoms with E-state index in [1.807, 2.05) is 0 Å². The molecule has 3 rings (SSSR count). The number of urea groups is 1. The first-order valence-corrected chi connectivity index (χ1v) is 13.7. The second kappa shape index (κ2) is 14.7. The highest BCUT2D eigenvalue weighted by Gasteiger charge is 2.39. The van der Waals surface area contributed by atoms with E-state index >= 15 is 0 Å². The minimum atomic E-state index is -0.807. The molecule has 0 bridgehead atoms. The minimum Gasteiger partial charge on any atom is -0.492 e. The molecule has 6 N–H and O–H groups in total. The molecule has 1 aliphatic carbocycles. The van der Waals surface area contributed by atoms with Crippen molar-refractivity contribution in [2.75, 3.05) is 33.3 Å². The molecule has 216 valence electrons. The third-order valence-corrected chi connectivity index (χ3v) is 7.19. The Morgan fingerprint density at radius 2 is 1.95 bits per heavy atom. The van der Waals surface area contributed by atoms with Crippen LogP contribution >= 0.6 is 0 Å². The van der Waals surface area contributed by atoms with Gasteiger partial charge in [-0.05, 0) is 69.4 Å². The molecule has 5 amide bonds. The Labute approximate surface area is 228 Å². The summed E-state index contributed by atoms with van der Waals surface area (Å²) < 4.78 is 19.8. The number of hydrogen-bond donors (Lipinski definition) is 5. The van der Waals surface area contributed by atoms with E-state index in [4.69, 9.17) is 10.5 Å². The maximum absolute atomic E-state index is 13.9. The molecule has 2 aliphatic rings. The Morgan fingerprint density at radius 1 is 1.18 bits per heavy atom. The summed E-state index contributed by atoms with van der Waals surface area (Å²) in [5, 5.41) is 11.5. The molecule has 1 aromatic rings. The number of rotatable bonds is 6. The third-order valence-electron chi connectivity index (χ3n) is 7.19. The number of unbranched alkanes of at least 4 members (excludes halogenated alkanes) is 1. The molecule has 0 aromatic heterocycles. The van der Waals surface area contributed by atoms with E-state index in [0.29, 0.717) is 57.5 Å². The fourth-order valence-corrected chi connectivity index (χ4v) is 4.58. The molecule has 0 radical (unpaired) electrons. The molecule has 0 saturated heterocycles. The van der Waals surface area contributed by atoms with Crippen LogP contribution in [0.2, 0.25) is 0 Å². The minimum absolute atomic E-state index is 0.179. The monoisotopic (exact) mass is 548 g/mol. The number of ether oxygens (including phenoxy) is 1. The molecule has 3 atom stereocenters. The number of aryl methyl sites for hydroxylation is 1. The van der Waals surface area contributed by atoms with E-state index in [-0.39, 0.29) is 24.3 Å². The van der Waals surface area contributed by atoms with Gasteiger partial charge in [0.1, 0.15) is 30.3 Å². The van der Waals surface area contributed by atoms with Gasteiger partial charge in [0.15, 0.2) is 0 Å². The Kier molecular flexibility index (Phi) is 11.3. The van der Waals surface area contributed by atoms with Gasteiger partial charge in [0.05, 0.1) is 6.04 Å². The van der Waals surface area contributed by atoms with Crippen molar-refractivity contribution in [3.05, 3.63) is 29.6 Å². The second-order valence-corrected chi connectivity index (χ2v) is 10.2. The van der Waals surface area contributed by atoms with Gasteiger partial charge >= 0.3 is 6.03 Å². The molecule has 1 aromatic carbocycles. The van der Waals surface area contributed by atoms with Crippen LogP contribution in [0.4, 0.5) is 9.18 Å².